The van der Waals surface area contributed by atoms with Gasteiger partial charge in [-0.3, -0.25) is 67.1 Å². The number of carbonyl (C=O) groups is 14. The number of unbranched alkanes of at least 4 members (excludes halogenated alkanes) is 10. The first-order valence-electron chi connectivity index (χ1n) is 39.1. The molecule has 10 amide bonds. The van der Waals surface area contributed by atoms with Crippen molar-refractivity contribution in [3.05, 3.63) is 0 Å². The molecular formula is C76H136N10O18. The van der Waals surface area contributed by atoms with Crippen LogP contribution in [0.5, 0.6) is 0 Å². The first-order valence-corrected chi connectivity index (χ1v) is 39.1. The summed E-state index contributed by atoms with van der Waals surface area (Å²) in [5.74, 6) is -9.87. The minimum Gasteiger partial charge on any atom is -0.481 e. The van der Waals surface area contributed by atoms with Crippen LogP contribution in [0.25, 0.3) is 0 Å². The van der Waals surface area contributed by atoms with Gasteiger partial charge in [-0.15, -0.1) is 0 Å². The van der Waals surface area contributed by atoms with Gasteiger partial charge in [0.15, 0.2) is 0 Å². The van der Waals surface area contributed by atoms with Crippen LogP contribution in [0, 0.1) is 23.7 Å². The number of carboxylic acid groups (broad SMARTS) is 4. The molecule has 0 aliphatic carbocycles. The minimum atomic E-state index is -1.32. The molecule has 0 saturated heterocycles. The number of hydrogen-bond donors (Lipinski definition) is 9. The molecule has 0 bridgehead atoms. The van der Waals surface area contributed by atoms with Crippen molar-refractivity contribution in [2.75, 3.05) is 65.4 Å². The van der Waals surface area contributed by atoms with Gasteiger partial charge >= 0.3 is 23.9 Å². The Morgan fingerprint density at radius 2 is 0.519 bits per heavy atom. The molecule has 0 radical (unpaired) electrons. The number of nitrogens with zero attached hydrogens (tertiary/aromatic N) is 5. The highest BCUT2D eigenvalue weighted by Gasteiger charge is 2.38. The summed E-state index contributed by atoms with van der Waals surface area (Å²) >= 11 is 0. The maximum absolute atomic E-state index is 15.2. The monoisotopic (exact) mass is 1480 g/mol. The van der Waals surface area contributed by atoms with Crippen LogP contribution >= 0.6 is 0 Å². The first-order chi connectivity index (χ1) is 49.3. The van der Waals surface area contributed by atoms with Crippen LogP contribution in [0.1, 0.15) is 282 Å². The van der Waals surface area contributed by atoms with E-state index >= 15 is 9.59 Å². The zero-order valence-electron chi connectivity index (χ0n) is 65.4. The van der Waals surface area contributed by atoms with Crippen LogP contribution < -0.4 is 26.6 Å². The van der Waals surface area contributed by atoms with Gasteiger partial charge in [0, 0.05) is 123 Å². The summed E-state index contributed by atoms with van der Waals surface area (Å²) in [5.41, 5.74) is 0. The van der Waals surface area contributed by atoms with E-state index in [1.807, 2.05) is 62.3 Å². The average Bonchev–Trinajstić information content (AvgIpc) is 0.866. The second-order valence-corrected chi connectivity index (χ2v) is 28.8. The van der Waals surface area contributed by atoms with E-state index in [4.69, 9.17) is 10.2 Å². The van der Waals surface area contributed by atoms with Crippen LogP contribution in [-0.4, -0.2) is 224 Å². The van der Waals surface area contributed by atoms with Gasteiger partial charge in [-0.2, -0.15) is 0 Å². The topological polar surface area (TPSA) is 396 Å². The van der Waals surface area contributed by atoms with Crippen molar-refractivity contribution >= 4 is 82.9 Å². The van der Waals surface area contributed by atoms with Gasteiger partial charge in [-0.1, -0.05) is 128 Å². The predicted molar refractivity (Wildman–Crippen MR) is 398 cm³/mol. The van der Waals surface area contributed by atoms with E-state index in [2.05, 4.69) is 33.5 Å². The number of carboxylic acids is 4. The zero-order chi connectivity index (χ0) is 78.7. The van der Waals surface area contributed by atoms with E-state index in [0.717, 1.165) is 38.5 Å². The van der Waals surface area contributed by atoms with Gasteiger partial charge in [-0.25, -0.2) is 0 Å². The summed E-state index contributed by atoms with van der Waals surface area (Å²) in [6, 6.07) is -4.95. The molecule has 0 aliphatic heterocycles. The maximum Gasteiger partial charge on any atom is 0.303 e. The average molecular weight is 1480 g/mol. The molecule has 104 heavy (non-hydrogen) atoms. The Morgan fingerprint density at radius 1 is 0.250 bits per heavy atom. The Kier molecular flexibility index (Phi) is 52.8. The molecule has 0 aromatic carbocycles. The number of amides is 10. The highest BCUT2D eigenvalue weighted by Crippen LogP contribution is 2.23. The summed E-state index contributed by atoms with van der Waals surface area (Å²) in [5, 5.41) is 51.9. The highest BCUT2D eigenvalue weighted by atomic mass is 16.4. The van der Waals surface area contributed by atoms with E-state index in [0.29, 0.717) is 70.9 Å². The lowest BCUT2D eigenvalue weighted by molar-refractivity contribution is -0.144. The zero-order valence-corrected chi connectivity index (χ0v) is 65.4. The third-order valence-corrected chi connectivity index (χ3v) is 18.2. The molecular weight excluding hydrogens is 1340 g/mol. The predicted octanol–water partition coefficient (Wildman–Crippen LogP) is 8.69. The number of rotatable bonds is 63. The van der Waals surface area contributed by atoms with Crippen LogP contribution in [0.3, 0.4) is 0 Å². The molecule has 28 nitrogen and oxygen atoms in total. The van der Waals surface area contributed by atoms with Crippen LogP contribution in [-0.2, 0) is 67.1 Å². The quantitative estimate of drug-likeness (QED) is 0.0257. The van der Waals surface area contributed by atoms with Crippen molar-refractivity contribution in [3.8, 4) is 0 Å². The molecule has 0 aliphatic rings. The number of hydrogen-bond acceptors (Lipinski definition) is 14. The van der Waals surface area contributed by atoms with E-state index in [9.17, 15) is 67.7 Å². The molecule has 28 heteroatoms. The van der Waals surface area contributed by atoms with Gasteiger partial charge in [0.1, 0.15) is 30.2 Å². The molecule has 0 spiro atoms. The normalized spacial score (nSPS) is 12.7. The van der Waals surface area contributed by atoms with Gasteiger partial charge in [0.2, 0.25) is 59.1 Å². The van der Waals surface area contributed by atoms with Gasteiger partial charge in [-0.05, 0) is 120 Å². The lowest BCUT2D eigenvalue weighted by Gasteiger charge is -2.35. The van der Waals surface area contributed by atoms with Crippen molar-refractivity contribution in [2.24, 2.45) is 23.7 Å². The Balaban J connectivity index is 7.87. The fourth-order valence-corrected chi connectivity index (χ4v) is 12.9. The van der Waals surface area contributed by atoms with Crippen molar-refractivity contribution < 1.29 is 87.5 Å². The minimum absolute atomic E-state index is 0.00318. The lowest BCUT2D eigenvalue weighted by atomic mass is 9.99. The molecule has 5 unspecified atom stereocenters. The van der Waals surface area contributed by atoms with Crippen molar-refractivity contribution in [3.63, 3.8) is 0 Å². The molecule has 9 N–H and O–H groups in total. The number of carbonyl (C=O) groups excluding carboxylic acids is 10. The Hall–Kier alpha value is -7.42. The summed E-state index contributed by atoms with van der Waals surface area (Å²) in [6.45, 7) is 23.6. The van der Waals surface area contributed by atoms with E-state index in [1.165, 1.54) is 19.6 Å². The molecule has 0 rings (SSSR count). The van der Waals surface area contributed by atoms with Gasteiger partial charge < -0.3 is 71.5 Å². The third kappa shape index (κ3) is 40.7. The molecule has 0 heterocycles. The van der Waals surface area contributed by atoms with Crippen molar-refractivity contribution in [1.29, 1.82) is 0 Å². The summed E-state index contributed by atoms with van der Waals surface area (Å²) in [7, 11) is 0. The third-order valence-electron chi connectivity index (χ3n) is 18.2. The molecule has 0 fully saturated rings. The standard InChI is InChI=1S/C76H136N10O18/c1-13-17-25-44-77-73(101)68(54(5)6)84(50-16-4)62(90)38-31-37-59(87)82(51-29-21-22-35-60(88)85(52-32-41-66(96)97)70(56(9)10)75(103)78-45-26-18-14-2)58(34-30-36-61(89)83(49-15-3)69(55(7)8)74(102)79-46-27-19-23-39-64(92)93)72(100)81-48-43-63(91)86(53-33-42-67(98)99)71(57(11)12)76(104)80-47-28-20-24-40-65(94)95/h54-58,68-71H,13-53H2,1-12H3,(H,77,101)(H,78,103)(H,79,102)(H,80,104)(H,81,100)(H,92,93)(H,94,95)(H,96,97)(H,98,99). The van der Waals surface area contributed by atoms with E-state index in [1.54, 1.807) is 18.7 Å². The Labute approximate surface area is 620 Å². The van der Waals surface area contributed by atoms with Gasteiger partial charge in [0.25, 0.3) is 0 Å². The SMILES string of the molecule is CCCCCNC(=O)C(C(C)C)N(CCC)C(=O)CCCC(=O)N(CCCCCC(=O)N(CCCC(=O)O)C(C(=O)NCCCCC)C(C)C)C(CCCC(=O)N(CCC)C(C(=O)NCCCCCC(=O)O)C(C)C)C(=O)NCCC(=O)N(CCCC(=O)O)C(C(=O)NCCCCCC(=O)O)C(C)C. The fraction of sp³-hybridized carbons (Fsp3) is 0.816. The van der Waals surface area contributed by atoms with E-state index < -0.39 is 89.5 Å². The van der Waals surface area contributed by atoms with E-state index in [-0.39, 0.29) is 202 Å². The molecule has 5 atom stereocenters. The Bertz CT molecular complexity index is 2600. The van der Waals surface area contributed by atoms with Crippen molar-refractivity contribution in [1.82, 2.24) is 51.1 Å². The summed E-state index contributed by atoms with van der Waals surface area (Å²) in [4.78, 5) is 196. The number of nitrogens with one attached hydrogen (secondary N) is 5. The molecule has 0 aromatic heterocycles. The summed E-state index contributed by atoms with van der Waals surface area (Å²) in [6.07, 6.45) is 8.39. The van der Waals surface area contributed by atoms with Crippen LogP contribution in [0.15, 0.2) is 0 Å². The number of aliphatic carboxylic acids is 4. The van der Waals surface area contributed by atoms with Crippen LogP contribution in [0.2, 0.25) is 0 Å². The fourth-order valence-electron chi connectivity index (χ4n) is 12.9. The van der Waals surface area contributed by atoms with Crippen LogP contribution in [0.4, 0.5) is 0 Å². The van der Waals surface area contributed by atoms with Gasteiger partial charge in [0.05, 0.1) is 0 Å². The largest absolute Gasteiger partial charge is 0.481 e. The lowest BCUT2D eigenvalue weighted by Crippen LogP contribution is -2.54. The first kappa shape index (κ1) is 96.6. The van der Waals surface area contributed by atoms with Crippen molar-refractivity contribution in [2.45, 2.75) is 312 Å². The summed E-state index contributed by atoms with van der Waals surface area (Å²) < 4.78 is 0. The molecule has 0 saturated carbocycles. The highest BCUT2D eigenvalue weighted by molar-refractivity contribution is 5.92. The second kappa shape index (κ2) is 56.9. The smallest absolute Gasteiger partial charge is 0.303 e. The molecule has 598 valence electrons. The molecule has 0 aromatic rings. The second-order valence-electron chi connectivity index (χ2n) is 28.8. The maximum atomic E-state index is 15.2. The Morgan fingerprint density at radius 3 is 0.856 bits per heavy atom.